The molecule has 3 amide bonds. The molecule has 1 aromatic rings. The van der Waals surface area contributed by atoms with Crippen molar-refractivity contribution in [2.45, 2.75) is 45.7 Å². The minimum Gasteiger partial charge on any atom is -0.448 e. The van der Waals surface area contributed by atoms with Crippen molar-refractivity contribution in [1.82, 2.24) is 15.1 Å². The second-order valence-electron chi connectivity index (χ2n) is 7.22. The van der Waals surface area contributed by atoms with Gasteiger partial charge in [-0.2, -0.15) is 10.1 Å². The molecule has 9 heteroatoms. The predicted molar refractivity (Wildman–Crippen MR) is 99.5 cm³/mol. The van der Waals surface area contributed by atoms with E-state index in [-0.39, 0.29) is 25.0 Å². The maximum atomic E-state index is 12.8. The summed E-state index contributed by atoms with van der Waals surface area (Å²) in [4.78, 5) is 44.0. The van der Waals surface area contributed by atoms with Crippen LogP contribution >= 0.6 is 0 Å². The van der Waals surface area contributed by atoms with Crippen LogP contribution in [0.4, 0.5) is 9.59 Å². The van der Waals surface area contributed by atoms with Crippen LogP contribution in [0.25, 0.3) is 0 Å². The van der Waals surface area contributed by atoms with Gasteiger partial charge in [0, 0.05) is 0 Å². The summed E-state index contributed by atoms with van der Waals surface area (Å²) in [7, 11) is 0. The Hall–Kier alpha value is -3.07. The monoisotopic (exact) mass is 401 g/mol. The van der Waals surface area contributed by atoms with E-state index < -0.39 is 30.5 Å². The van der Waals surface area contributed by atoms with Gasteiger partial charge in [0.1, 0.15) is 12.7 Å². The van der Waals surface area contributed by atoms with Gasteiger partial charge in [-0.05, 0) is 31.1 Å². The highest BCUT2D eigenvalue weighted by molar-refractivity contribution is 5.88. The van der Waals surface area contributed by atoms with E-state index in [1.54, 1.807) is 19.9 Å². The number of hydrazine groups is 1. The molecule has 2 saturated heterocycles. The normalized spacial score (nSPS) is 27.6. The van der Waals surface area contributed by atoms with Crippen molar-refractivity contribution >= 4 is 18.1 Å². The lowest BCUT2D eigenvalue weighted by molar-refractivity contribution is -0.197. The van der Waals surface area contributed by atoms with Gasteiger partial charge in [-0.25, -0.2) is 14.6 Å². The molecule has 4 aliphatic heterocycles. The summed E-state index contributed by atoms with van der Waals surface area (Å²) in [6.07, 6.45) is -1.27. The molecular weight excluding hydrogens is 378 g/mol. The molecule has 5 rings (SSSR count). The summed E-state index contributed by atoms with van der Waals surface area (Å²) < 4.78 is 10.5. The standard InChI is InChI=1S/C20H23N3O6/c1-4-27-19(25)21-15-10-12(2)17(16-13(3)18(24)22(16)21)29-23(15)20(26)28-11-14-8-6-5-7-9-14/h5-10,13,15-17H,4,11H2,1-3H3/t13-,15+,16-,17+/m0/s1. The van der Waals surface area contributed by atoms with Crippen molar-refractivity contribution in [2.75, 3.05) is 6.61 Å². The van der Waals surface area contributed by atoms with Gasteiger partial charge in [0.2, 0.25) is 5.91 Å². The Morgan fingerprint density at radius 3 is 2.55 bits per heavy atom. The minimum atomic E-state index is -0.977. The number of benzene rings is 1. The van der Waals surface area contributed by atoms with Gasteiger partial charge < -0.3 is 9.47 Å². The van der Waals surface area contributed by atoms with Crippen LogP contribution in [-0.4, -0.2) is 58.1 Å². The lowest BCUT2D eigenvalue weighted by Crippen LogP contribution is -2.70. The minimum absolute atomic E-state index is 0.0570. The molecular formula is C20H23N3O6. The summed E-state index contributed by atoms with van der Waals surface area (Å²) in [5.74, 6) is -0.566. The van der Waals surface area contributed by atoms with Gasteiger partial charge in [-0.15, -0.1) is 0 Å². The number of nitrogens with zero attached hydrogens (tertiary/aromatic N) is 3. The molecule has 4 aliphatic rings. The molecule has 4 atom stereocenters. The largest absolute Gasteiger partial charge is 0.448 e. The number of β-lactam (4-membered cyclic amide) rings is 1. The Kier molecular flexibility index (Phi) is 4.91. The number of carbonyl (C=O) groups is 3. The zero-order valence-corrected chi connectivity index (χ0v) is 16.5. The van der Waals surface area contributed by atoms with E-state index in [0.717, 1.165) is 21.2 Å². The van der Waals surface area contributed by atoms with E-state index in [1.165, 1.54) is 5.01 Å². The van der Waals surface area contributed by atoms with Crippen LogP contribution in [-0.2, 0) is 25.7 Å². The highest BCUT2D eigenvalue weighted by atomic mass is 16.7. The van der Waals surface area contributed by atoms with Crippen LogP contribution in [0.5, 0.6) is 0 Å². The first-order valence-corrected chi connectivity index (χ1v) is 9.58. The first kappa shape index (κ1) is 19.3. The fourth-order valence-corrected chi connectivity index (χ4v) is 3.89. The van der Waals surface area contributed by atoms with E-state index in [9.17, 15) is 14.4 Å². The highest BCUT2D eigenvalue weighted by Gasteiger charge is 2.61. The fourth-order valence-electron chi connectivity index (χ4n) is 3.89. The Morgan fingerprint density at radius 2 is 1.86 bits per heavy atom. The number of fused-ring (bicyclic) bond motifs is 1. The SMILES string of the molecule is CCOC(=O)N1[C@H]2C=C(C)[C@@H](ON2C(=O)OCc2ccccc2)[C@@H]2[C@H](C)C(=O)N21. The van der Waals surface area contributed by atoms with E-state index in [1.807, 2.05) is 37.3 Å². The van der Waals surface area contributed by atoms with Gasteiger partial charge in [-0.3, -0.25) is 9.63 Å². The topological polar surface area (TPSA) is 88.6 Å². The molecule has 0 N–H and O–H groups in total. The molecule has 0 saturated carbocycles. The molecule has 9 nitrogen and oxygen atoms in total. The van der Waals surface area contributed by atoms with Crippen molar-refractivity contribution < 1.29 is 28.7 Å². The molecule has 2 fully saturated rings. The lowest BCUT2D eigenvalue weighted by atomic mass is 9.84. The molecule has 0 aliphatic carbocycles. The Morgan fingerprint density at radius 1 is 1.14 bits per heavy atom. The Bertz CT molecular complexity index is 857. The molecule has 1 aromatic carbocycles. The number of hydroxylamine groups is 2. The fraction of sp³-hybridized carbons (Fsp3) is 0.450. The van der Waals surface area contributed by atoms with E-state index in [4.69, 9.17) is 14.3 Å². The Balaban J connectivity index is 1.62. The predicted octanol–water partition coefficient (Wildman–Crippen LogP) is 2.45. The molecule has 4 heterocycles. The van der Waals surface area contributed by atoms with Gasteiger partial charge in [0.25, 0.3) is 0 Å². The third kappa shape index (κ3) is 3.11. The molecule has 0 radical (unpaired) electrons. The van der Waals surface area contributed by atoms with Crippen molar-refractivity contribution in [3.05, 3.63) is 47.5 Å². The van der Waals surface area contributed by atoms with Crippen LogP contribution in [0.1, 0.15) is 26.3 Å². The van der Waals surface area contributed by atoms with Gasteiger partial charge in [0.15, 0.2) is 6.17 Å². The number of rotatable bonds is 3. The second-order valence-corrected chi connectivity index (χ2v) is 7.22. The van der Waals surface area contributed by atoms with Crippen LogP contribution < -0.4 is 0 Å². The maximum Gasteiger partial charge on any atom is 0.436 e. The third-order valence-corrected chi connectivity index (χ3v) is 5.37. The van der Waals surface area contributed by atoms with E-state index in [2.05, 4.69) is 0 Å². The highest BCUT2D eigenvalue weighted by Crippen LogP contribution is 2.42. The Labute approximate surface area is 168 Å². The zero-order chi connectivity index (χ0) is 20.7. The van der Waals surface area contributed by atoms with Crippen LogP contribution in [0, 0.1) is 5.92 Å². The smallest absolute Gasteiger partial charge is 0.436 e. The molecule has 0 unspecified atom stereocenters. The second kappa shape index (κ2) is 7.40. The summed E-state index contributed by atoms with van der Waals surface area (Å²) in [5.41, 5.74) is 1.66. The van der Waals surface area contributed by atoms with Gasteiger partial charge in [-0.1, -0.05) is 37.3 Å². The van der Waals surface area contributed by atoms with Gasteiger partial charge >= 0.3 is 12.2 Å². The van der Waals surface area contributed by atoms with Gasteiger partial charge in [0.05, 0.1) is 18.6 Å². The molecule has 154 valence electrons. The number of hydrogen-bond donors (Lipinski definition) is 0. The summed E-state index contributed by atoms with van der Waals surface area (Å²) in [5, 5.41) is 3.50. The first-order chi connectivity index (χ1) is 13.9. The summed E-state index contributed by atoms with van der Waals surface area (Å²) in [6.45, 7) is 5.50. The third-order valence-electron chi connectivity index (χ3n) is 5.37. The van der Waals surface area contributed by atoms with E-state index >= 15 is 0 Å². The van der Waals surface area contributed by atoms with Crippen molar-refractivity contribution in [3.8, 4) is 0 Å². The first-order valence-electron chi connectivity index (χ1n) is 9.58. The van der Waals surface area contributed by atoms with Crippen molar-refractivity contribution in [1.29, 1.82) is 0 Å². The molecule has 0 spiro atoms. The summed E-state index contributed by atoms with van der Waals surface area (Å²) in [6, 6.07) is 8.84. The van der Waals surface area contributed by atoms with Crippen LogP contribution in [0.3, 0.4) is 0 Å². The quantitative estimate of drug-likeness (QED) is 0.571. The molecule has 29 heavy (non-hydrogen) atoms. The number of amides is 3. The maximum absolute atomic E-state index is 12.8. The van der Waals surface area contributed by atoms with Crippen molar-refractivity contribution in [2.24, 2.45) is 5.92 Å². The van der Waals surface area contributed by atoms with E-state index in [0.29, 0.717) is 0 Å². The molecule has 0 aromatic heterocycles. The van der Waals surface area contributed by atoms with Crippen molar-refractivity contribution in [3.63, 3.8) is 0 Å². The number of ether oxygens (including phenoxy) is 2. The van der Waals surface area contributed by atoms with Crippen LogP contribution in [0.2, 0.25) is 0 Å². The number of hydrogen-bond acceptors (Lipinski definition) is 6. The molecule has 2 bridgehead atoms. The lowest BCUT2D eigenvalue weighted by Gasteiger charge is -2.49. The average Bonchev–Trinajstić information content (AvgIpc) is 2.93. The zero-order valence-electron chi connectivity index (χ0n) is 16.5. The van der Waals surface area contributed by atoms with Crippen LogP contribution in [0.15, 0.2) is 42.0 Å². The number of carbonyl (C=O) groups excluding carboxylic acids is 3. The summed E-state index contributed by atoms with van der Waals surface area (Å²) >= 11 is 0. The average molecular weight is 401 g/mol.